The molecule has 1 N–H and O–H groups in total. The second-order valence-electron chi connectivity index (χ2n) is 7.24. The van der Waals surface area contributed by atoms with E-state index in [0.29, 0.717) is 30.2 Å². The number of nitrogens with one attached hydrogen (secondary N) is 1. The Kier molecular flexibility index (Phi) is 7.12. The van der Waals surface area contributed by atoms with E-state index >= 15 is 0 Å². The lowest BCUT2D eigenvalue weighted by Crippen LogP contribution is -2.29. The van der Waals surface area contributed by atoms with Gasteiger partial charge in [-0.3, -0.25) is 9.59 Å². The fraction of sp³-hybridized carbons (Fsp3) is 0.474. The van der Waals surface area contributed by atoms with Crippen LogP contribution in [0.4, 0.5) is 5.69 Å². The predicted molar refractivity (Wildman–Crippen MR) is 104 cm³/mol. The van der Waals surface area contributed by atoms with Crippen molar-refractivity contribution < 1.29 is 18.8 Å². The number of rotatable bonds is 7. The van der Waals surface area contributed by atoms with Gasteiger partial charge in [-0.2, -0.15) is 4.98 Å². The number of esters is 1. The van der Waals surface area contributed by atoms with Crippen molar-refractivity contribution in [2.24, 2.45) is 0 Å². The molecule has 2 rings (SSSR count). The number of benzene rings is 1. The highest BCUT2D eigenvalue weighted by Crippen LogP contribution is 2.19. The molecule has 1 unspecified atom stereocenters. The molecule has 0 spiro atoms. The summed E-state index contributed by atoms with van der Waals surface area (Å²) in [7, 11) is 0. The van der Waals surface area contributed by atoms with Gasteiger partial charge in [0.2, 0.25) is 5.89 Å². The van der Waals surface area contributed by atoms with Gasteiger partial charge in [-0.1, -0.05) is 41.9 Å². The summed E-state index contributed by atoms with van der Waals surface area (Å²) < 4.78 is 11.3. The number of halogens is 1. The highest BCUT2D eigenvalue weighted by molar-refractivity contribution is 9.10. The summed E-state index contributed by atoms with van der Waals surface area (Å²) in [6.07, 6.45) is 0.281. The Morgan fingerprint density at radius 1 is 1.26 bits per heavy atom. The van der Waals surface area contributed by atoms with E-state index in [1.54, 1.807) is 19.1 Å². The van der Waals surface area contributed by atoms with Gasteiger partial charge < -0.3 is 14.6 Å². The molecule has 1 aromatic heterocycles. The molecule has 1 heterocycles. The maximum atomic E-state index is 12.1. The third-order valence-electron chi connectivity index (χ3n) is 3.70. The number of hydrogen-bond donors (Lipinski definition) is 1. The van der Waals surface area contributed by atoms with E-state index in [2.05, 4.69) is 31.4 Å². The highest BCUT2D eigenvalue weighted by Gasteiger charge is 2.21. The van der Waals surface area contributed by atoms with E-state index in [9.17, 15) is 9.59 Å². The second-order valence-corrected chi connectivity index (χ2v) is 8.16. The van der Waals surface area contributed by atoms with Crippen LogP contribution < -0.4 is 5.32 Å². The van der Waals surface area contributed by atoms with E-state index in [1.807, 2.05) is 32.9 Å². The summed E-state index contributed by atoms with van der Waals surface area (Å²) in [5.74, 6) is 0.313. The quantitative estimate of drug-likeness (QED) is 0.657. The molecular formula is C19H24BrN3O4. The maximum Gasteiger partial charge on any atom is 0.306 e. The lowest BCUT2D eigenvalue weighted by molar-refractivity contribution is -0.153. The number of anilines is 1. The van der Waals surface area contributed by atoms with E-state index in [0.717, 1.165) is 4.47 Å². The minimum absolute atomic E-state index is 0.170. The van der Waals surface area contributed by atoms with Crippen molar-refractivity contribution >= 4 is 33.5 Å². The van der Waals surface area contributed by atoms with Crippen LogP contribution in [-0.2, 0) is 26.2 Å². The van der Waals surface area contributed by atoms with Gasteiger partial charge in [0.15, 0.2) is 11.9 Å². The van der Waals surface area contributed by atoms with E-state index < -0.39 is 12.1 Å². The molecule has 27 heavy (non-hydrogen) atoms. The molecule has 0 saturated heterocycles. The number of hydrogen-bond acceptors (Lipinski definition) is 6. The third kappa shape index (κ3) is 6.78. The molecule has 1 aromatic carbocycles. The first kappa shape index (κ1) is 21.1. The largest absolute Gasteiger partial charge is 0.453 e. The zero-order chi connectivity index (χ0) is 20.0. The second kappa shape index (κ2) is 9.12. The Morgan fingerprint density at radius 2 is 1.93 bits per heavy atom. The van der Waals surface area contributed by atoms with Crippen LogP contribution in [0.5, 0.6) is 0 Å². The van der Waals surface area contributed by atoms with Crippen molar-refractivity contribution in [3.05, 3.63) is 40.5 Å². The number of carbonyl (C=O) groups excluding carboxylic acids is 2. The number of carbonyl (C=O) groups is 2. The molecule has 0 aliphatic heterocycles. The van der Waals surface area contributed by atoms with E-state index in [1.165, 1.54) is 0 Å². The molecule has 0 fully saturated rings. The summed E-state index contributed by atoms with van der Waals surface area (Å²) in [6.45, 7) is 7.54. The number of aryl methyl sites for hydroxylation is 1. The maximum absolute atomic E-state index is 12.1. The third-order valence-corrected chi connectivity index (χ3v) is 4.23. The van der Waals surface area contributed by atoms with Gasteiger partial charge in [0.25, 0.3) is 5.91 Å². The zero-order valence-corrected chi connectivity index (χ0v) is 17.5. The van der Waals surface area contributed by atoms with Crippen LogP contribution in [0.1, 0.15) is 52.3 Å². The van der Waals surface area contributed by atoms with Crippen LogP contribution in [0.25, 0.3) is 0 Å². The average molecular weight is 438 g/mol. The summed E-state index contributed by atoms with van der Waals surface area (Å²) in [6, 6.07) is 7.14. The standard InChI is InChI=1S/C19H24BrN3O4/c1-12(17(25)21-14-10-8-13(20)9-11-14)26-16(24)7-5-6-15-22-18(23-27-15)19(2,3)4/h8-12H,5-7H2,1-4H3,(H,21,25). The molecule has 1 atom stereocenters. The smallest absolute Gasteiger partial charge is 0.306 e. The fourth-order valence-electron chi connectivity index (χ4n) is 2.13. The van der Waals surface area contributed by atoms with E-state index in [4.69, 9.17) is 9.26 Å². The monoisotopic (exact) mass is 437 g/mol. The Morgan fingerprint density at radius 3 is 2.52 bits per heavy atom. The molecule has 146 valence electrons. The summed E-state index contributed by atoms with van der Waals surface area (Å²) in [5.41, 5.74) is 0.454. The van der Waals surface area contributed by atoms with Crippen molar-refractivity contribution in [3.63, 3.8) is 0 Å². The molecule has 0 aliphatic carbocycles. The molecule has 1 amide bonds. The number of ether oxygens (including phenoxy) is 1. The predicted octanol–water partition coefficient (Wildman–Crippen LogP) is 4.02. The molecule has 2 aromatic rings. The minimum Gasteiger partial charge on any atom is -0.453 e. The lowest BCUT2D eigenvalue weighted by Gasteiger charge is -2.13. The Labute approximate surface area is 167 Å². The van der Waals surface area contributed by atoms with Gasteiger partial charge in [0, 0.05) is 28.4 Å². The van der Waals surface area contributed by atoms with Crippen molar-refractivity contribution in [2.75, 3.05) is 5.32 Å². The average Bonchev–Trinajstić information content (AvgIpc) is 3.06. The van der Waals surface area contributed by atoms with Gasteiger partial charge in [0.05, 0.1) is 0 Å². The van der Waals surface area contributed by atoms with Gasteiger partial charge in [-0.15, -0.1) is 0 Å². The highest BCUT2D eigenvalue weighted by atomic mass is 79.9. The van der Waals surface area contributed by atoms with Crippen molar-refractivity contribution in [1.29, 1.82) is 0 Å². The fourth-order valence-corrected chi connectivity index (χ4v) is 2.40. The Hall–Kier alpha value is -2.22. The number of aromatic nitrogens is 2. The minimum atomic E-state index is -0.878. The van der Waals surface area contributed by atoms with Crippen LogP contribution in [0.2, 0.25) is 0 Å². The van der Waals surface area contributed by atoms with Gasteiger partial charge in [0.1, 0.15) is 0 Å². The zero-order valence-electron chi connectivity index (χ0n) is 15.9. The molecule has 0 radical (unpaired) electrons. The van der Waals surface area contributed by atoms with Crippen LogP contribution in [0.3, 0.4) is 0 Å². The van der Waals surface area contributed by atoms with E-state index in [-0.39, 0.29) is 17.7 Å². The van der Waals surface area contributed by atoms with Crippen molar-refractivity contribution in [3.8, 4) is 0 Å². The Bertz CT molecular complexity index is 781. The van der Waals surface area contributed by atoms with Crippen LogP contribution >= 0.6 is 15.9 Å². The van der Waals surface area contributed by atoms with Gasteiger partial charge >= 0.3 is 5.97 Å². The van der Waals surface area contributed by atoms with Crippen LogP contribution in [0, 0.1) is 0 Å². The van der Waals surface area contributed by atoms with Crippen LogP contribution in [-0.4, -0.2) is 28.1 Å². The van der Waals surface area contributed by atoms with Gasteiger partial charge in [-0.25, -0.2) is 0 Å². The molecule has 8 heteroatoms. The van der Waals surface area contributed by atoms with Crippen LogP contribution in [0.15, 0.2) is 33.3 Å². The molecule has 0 bridgehead atoms. The first-order chi connectivity index (χ1) is 12.6. The summed E-state index contributed by atoms with van der Waals surface area (Å²) >= 11 is 3.33. The van der Waals surface area contributed by atoms with Crippen molar-refractivity contribution in [1.82, 2.24) is 10.1 Å². The Balaban J connectivity index is 1.73. The topological polar surface area (TPSA) is 94.3 Å². The molecular weight excluding hydrogens is 414 g/mol. The lowest BCUT2D eigenvalue weighted by atomic mass is 9.96. The molecule has 7 nitrogen and oxygen atoms in total. The normalized spacial score (nSPS) is 12.5. The van der Waals surface area contributed by atoms with Gasteiger partial charge in [-0.05, 0) is 37.6 Å². The number of nitrogens with zero attached hydrogens (tertiary/aromatic N) is 2. The molecule has 0 aliphatic rings. The molecule has 0 saturated carbocycles. The van der Waals surface area contributed by atoms with Crippen molar-refractivity contribution in [2.45, 2.75) is 58.5 Å². The summed E-state index contributed by atoms with van der Waals surface area (Å²) in [4.78, 5) is 28.3. The number of amides is 1. The first-order valence-corrected chi connectivity index (χ1v) is 9.53. The summed E-state index contributed by atoms with van der Waals surface area (Å²) in [5, 5.41) is 6.65. The SMILES string of the molecule is CC(OC(=O)CCCc1nc(C(C)(C)C)no1)C(=O)Nc1ccc(Br)cc1. The first-order valence-electron chi connectivity index (χ1n) is 8.74.